The second kappa shape index (κ2) is 7.81. The van der Waals surface area contributed by atoms with Crippen molar-refractivity contribution in [2.45, 2.75) is 18.0 Å². The SMILES string of the molecule is CSc1ncc(Br)c(N2CCCC(C(=O)N3CCOCC3)C2)n1. The van der Waals surface area contributed by atoms with Crippen LogP contribution in [-0.2, 0) is 9.53 Å². The lowest BCUT2D eigenvalue weighted by atomic mass is 9.96. The van der Waals surface area contributed by atoms with Gasteiger partial charge in [-0.25, -0.2) is 9.97 Å². The minimum atomic E-state index is 0.0430. The van der Waals surface area contributed by atoms with Gasteiger partial charge in [-0.05, 0) is 35.0 Å². The zero-order valence-corrected chi connectivity index (χ0v) is 15.6. The highest BCUT2D eigenvalue weighted by Crippen LogP contribution is 2.30. The molecule has 0 spiro atoms. The van der Waals surface area contributed by atoms with Crippen molar-refractivity contribution >= 4 is 39.4 Å². The summed E-state index contributed by atoms with van der Waals surface area (Å²) in [5, 5.41) is 0.754. The molecule has 3 heterocycles. The van der Waals surface area contributed by atoms with E-state index in [-0.39, 0.29) is 11.8 Å². The molecular formula is C15H21BrN4O2S. The van der Waals surface area contributed by atoms with Gasteiger partial charge in [0.05, 0.1) is 23.6 Å². The quantitative estimate of drug-likeness (QED) is 0.571. The number of ether oxygens (including phenoxy) is 1. The third-order valence-corrected chi connectivity index (χ3v) is 5.40. The normalized spacial score (nSPS) is 22.3. The number of hydrogen-bond acceptors (Lipinski definition) is 6. The maximum Gasteiger partial charge on any atom is 0.227 e. The first-order valence-electron chi connectivity index (χ1n) is 7.87. The van der Waals surface area contributed by atoms with Crippen LogP contribution in [0.3, 0.4) is 0 Å². The van der Waals surface area contributed by atoms with Crippen molar-refractivity contribution in [3.8, 4) is 0 Å². The van der Waals surface area contributed by atoms with E-state index in [1.807, 2.05) is 11.2 Å². The van der Waals surface area contributed by atoms with Crippen LogP contribution < -0.4 is 4.90 Å². The van der Waals surface area contributed by atoms with Gasteiger partial charge in [0.25, 0.3) is 0 Å². The number of thioether (sulfide) groups is 1. The fourth-order valence-corrected chi connectivity index (χ4v) is 3.85. The molecule has 1 unspecified atom stereocenters. The Morgan fingerprint density at radius 3 is 2.91 bits per heavy atom. The van der Waals surface area contributed by atoms with Crippen LogP contribution in [0.4, 0.5) is 5.82 Å². The van der Waals surface area contributed by atoms with Crippen LogP contribution in [-0.4, -0.2) is 66.4 Å². The lowest BCUT2D eigenvalue weighted by Crippen LogP contribution is -2.48. The summed E-state index contributed by atoms with van der Waals surface area (Å²) < 4.78 is 6.22. The van der Waals surface area contributed by atoms with Gasteiger partial charge >= 0.3 is 0 Å². The summed E-state index contributed by atoms with van der Waals surface area (Å²) in [6.45, 7) is 4.37. The summed E-state index contributed by atoms with van der Waals surface area (Å²) in [6, 6.07) is 0. The van der Waals surface area contributed by atoms with Crippen molar-refractivity contribution in [1.29, 1.82) is 0 Å². The summed E-state index contributed by atoms with van der Waals surface area (Å²) in [4.78, 5) is 25.8. The Morgan fingerprint density at radius 2 is 2.17 bits per heavy atom. The van der Waals surface area contributed by atoms with Gasteiger partial charge in [-0.1, -0.05) is 11.8 Å². The van der Waals surface area contributed by atoms with Gasteiger partial charge in [-0.3, -0.25) is 4.79 Å². The molecule has 6 nitrogen and oxygen atoms in total. The number of hydrogen-bond donors (Lipinski definition) is 0. The third kappa shape index (κ3) is 3.97. The smallest absolute Gasteiger partial charge is 0.227 e. The molecule has 0 N–H and O–H groups in total. The zero-order valence-electron chi connectivity index (χ0n) is 13.2. The minimum Gasteiger partial charge on any atom is -0.378 e. The summed E-state index contributed by atoms with van der Waals surface area (Å²) in [5.74, 6) is 1.19. The Bertz CT molecular complexity index is 568. The molecule has 3 rings (SSSR count). The van der Waals surface area contributed by atoms with Crippen LogP contribution in [0.1, 0.15) is 12.8 Å². The molecule has 126 valence electrons. The molecule has 2 aliphatic heterocycles. The van der Waals surface area contributed by atoms with Gasteiger partial charge in [0.15, 0.2) is 5.16 Å². The second-order valence-corrected chi connectivity index (χ2v) is 7.38. The lowest BCUT2D eigenvalue weighted by molar-refractivity contribution is -0.139. The largest absolute Gasteiger partial charge is 0.378 e. The highest BCUT2D eigenvalue weighted by atomic mass is 79.9. The molecule has 1 aromatic heterocycles. The van der Waals surface area contributed by atoms with E-state index in [4.69, 9.17) is 4.74 Å². The Labute approximate surface area is 149 Å². The third-order valence-electron chi connectivity index (χ3n) is 4.28. The molecule has 0 radical (unpaired) electrons. The van der Waals surface area contributed by atoms with E-state index >= 15 is 0 Å². The highest BCUT2D eigenvalue weighted by Gasteiger charge is 2.31. The average molecular weight is 401 g/mol. The van der Waals surface area contributed by atoms with Crippen molar-refractivity contribution in [1.82, 2.24) is 14.9 Å². The van der Waals surface area contributed by atoms with Crippen molar-refractivity contribution in [3.63, 3.8) is 0 Å². The van der Waals surface area contributed by atoms with Gasteiger partial charge in [0.2, 0.25) is 5.91 Å². The van der Waals surface area contributed by atoms with Gasteiger partial charge < -0.3 is 14.5 Å². The highest BCUT2D eigenvalue weighted by molar-refractivity contribution is 9.10. The summed E-state index contributed by atoms with van der Waals surface area (Å²) in [5.41, 5.74) is 0. The van der Waals surface area contributed by atoms with E-state index in [1.54, 1.807) is 6.20 Å². The molecule has 8 heteroatoms. The number of aromatic nitrogens is 2. The number of halogens is 1. The standard InChI is InChI=1S/C15H21BrN4O2S/c1-23-15-17-9-12(16)13(18-15)20-4-2-3-11(10-20)14(21)19-5-7-22-8-6-19/h9,11H,2-8,10H2,1H3. The predicted octanol–water partition coefficient (Wildman–Crippen LogP) is 2.04. The average Bonchev–Trinajstić information content (AvgIpc) is 2.62. The predicted molar refractivity (Wildman–Crippen MR) is 93.8 cm³/mol. The van der Waals surface area contributed by atoms with E-state index < -0.39 is 0 Å². The Kier molecular flexibility index (Phi) is 5.76. The van der Waals surface area contributed by atoms with Crippen LogP contribution in [0.5, 0.6) is 0 Å². The number of amides is 1. The van der Waals surface area contributed by atoms with Crippen molar-refractivity contribution in [2.24, 2.45) is 5.92 Å². The number of rotatable bonds is 3. The molecule has 2 saturated heterocycles. The van der Waals surface area contributed by atoms with Crippen LogP contribution in [0, 0.1) is 5.92 Å². The number of anilines is 1. The zero-order chi connectivity index (χ0) is 16.2. The van der Waals surface area contributed by atoms with E-state index in [9.17, 15) is 4.79 Å². The van der Waals surface area contributed by atoms with E-state index in [1.165, 1.54) is 11.8 Å². The minimum absolute atomic E-state index is 0.0430. The monoisotopic (exact) mass is 400 g/mol. The number of nitrogens with zero attached hydrogens (tertiary/aromatic N) is 4. The number of piperidine rings is 1. The molecule has 0 bridgehead atoms. The fraction of sp³-hybridized carbons (Fsp3) is 0.667. The first kappa shape index (κ1) is 17.0. The topological polar surface area (TPSA) is 58.6 Å². The van der Waals surface area contributed by atoms with Gasteiger partial charge in [0.1, 0.15) is 5.82 Å². The maximum atomic E-state index is 12.7. The summed E-state index contributed by atoms with van der Waals surface area (Å²) in [6.07, 6.45) is 5.71. The van der Waals surface area contributed by atoms with E-state index in [0.717, 1.165) is 41.4 Å². The molecule has 1 aromatic rings. The van der Waals surface area contributed by atoms with Gasteiger partial charge in [-0.15, -0.1) is 0 Å². The molecule has 2 fully saturated rings. The van der Waals surface area contributed by atoms with E-state index in [2.05, 4.69) is 30.8 Å². The molecule has 1 atom stereocenters. The molecule has 1 amide bonds. The molecule has 23 heavy (non-hydrogen) atoms. The van der Waals surface area contributed by atoms with Crippen molar-refractivity contribution < 1.29 is 9.53 Å². The Morgan fingerprint density at radius 1 is 1.39 bits per heavy atom. The maximum absolute atomic E-state index is 12.7. The van der Waals surface area contributed by atoms with Crippen molar-refractivity contribution in [2.75, 3.05) is 50.5 Å². The second-order valence-electron chi connectivity index (χ2n) is 5.75. The van der Waals surface area contributed by atoms with Gasteiger partial charge in [-0.2, -0.15) is 0 Å². The van der Waals surface area contributed by atoms with Crippen molar-refractivity contribution in [3.05, 3.63) is 10.7 Å². The fourth-order valence-electron chi connectivity index (χ4n) is 3.08. The Hall–Kier alpha value is -0.860. The van der Waals surface area contributed by atoms with Crippen LogP contribution in [0.15, 0.2) is 15.8 Å². The molecule has 2 aliphatic rings. The lowest BCUT2D eigenvalue weighted by Gasteiger charge is -2.37. The number of carbonyl (C=O) groups is 1. The molecule has 0 saturated carbocycles. The Balaban J connectivity index is 1.71. The number of carbonyl (C=O) groups excluding carboxylic acids is 1. The molecule has 0 aliphatic carbocycles. The van der Waals surface area contributed by atoms with Gasteiger partial charge in [0, 0.05) is 32.4 Å². The summed E-state index contributed by atoms with van der Waals surface area (Å²) >= 11 is 5.07. The molecular weight excluding hydrogens is 380 g/mol. The van der Waals surface area contributed by atoms with E-state index in [0.29, 0.717) is 26.3 Å². The first-order chi connectivity index (χ1) is 11.2. The first-order valence-corrected chi connectivity index (χ1v) is 9.89. The van der Waals surface area contributed by atoms with Crippen LogP contribution in [0.25, 0.3) is 0 Å². The summed E-state index contributed by atoms with van der Waals surface area (Å²) in [7, 11) is 0. The number of morpholine rings is 1. The molecule has 0 aromatic carbocycles. The van der Waals surface area contributed by atoms with Crippen LogP contribution in [0.2, 0.25) is 0 Å². The van der Waals surface area contributed by atoms with Crippen LogP contribution >= 0.6 is 27.7 Å².